The predicted molar refractivity (Wildman–Crippen MR) is 52.1 cm³/mol. The fraction of sp³-hybridized carbons (Fsp3) is 0.444. The minimum Gasteiger partial charge on any atom is -0.857 e. The van der Waals surface area contributed by atoms with Crippen LogP contribution < -0.4 is 62.2 Å². The Morgan fingerprint density at radius 2 is 2.00 bits per heavy atom. The molecule has 1 aliphatic rings. The third-order valence-electron chi connectivity index (χ3n) is 2.62. The van der Waals surface area contributed by atoms with E-state index in [0.29, 0.717) is 28.6 Å². The fourth-order valence-corrected chi connectivity index (χ4v) is 1.61. The van der Waals surface area contributed by atoms with Crippen molar-refractivity contribution in [3.05, 3.63) is 5.82 Å². The molecule has 16 heavy (non-hydrogen) atoms. The summed E-state index contributed by atoms with van der Waals surface area (Å²) in [6.45, 7) is 0. The SMILES string of the molecule is Cn1nc2c(N)nc(C3CC3)nc2c1[O-].[K+]. The van der Waals surface area contributed by atoms with Gasteiger partial charge in [-0.15, -0.1) is 0 Å². The largest absolute Gasteiger partial charge is 1.00 e. The Kier molecular flexibility index (Phi) is 3.24. The number of nitrogen functional groups attached to an aromatic ring is 1. The number of anilines is 1. The van der Waals surface area contributed by atoms with Crippen LogP contribution in [0.4, 0.5) is 5.82 Å². The van der Waals surface area contributed by atoms with Gasteiger partial charge in [0.15, 0.2) is 11.3 Å². The van der Waals surface area contributed by atoms with Gasteiger partial charge in [0.1, 0.15) is 11.3 Å². The Hall–Kier alpha value is -0.214. The van der Waals surface area contributed by atoms with E-state index in [1.165, 1.54) is 4.68 Å². The van der Waals surface area contributed by atoms with E-state index in [0.717, 1.165) is 12.8 Å². The minimum atomic E-state index is -0.207. The van der Waals surface area contributed by atoms with Crippen molar-refractivity contribution in [2.75, 3.05) is 5.73 Å². The number of nitrogens with two attached hydrogens (primary N) is 1. The maximum Gasteiger partial charge on any atom is 1.00 e. The molecule has 2 aromatic heterocycles. The zero-order chi connectivity index (χ0) is 10.6. The third-order valence-corrected chi connectivity index (χ3v) is 2.62. The van der Waals surface area contributed by atoms with Crippen molar-refractivity contribution in [3.63, 3.8) is 0 Å². The monoisotopic (exact) mass is 243 g/mol. The van der Waals surface area contributed by atoms with Crippen LogP contribution in [0.5, 0.6) is 5.88 Å². The van der Waals surface area contributed by atoms with Gasteiger partial charge in [-0.2, -0.15) is 5.10 Å². The van der Waals surface area contributed by atoms with E-state index in [1.807, 2.05) is 0 Å². The molecule has 0 unspecified atom stereocenters. The first-order valence-electron chi connectivity index (χ1n) is 4.84. The number of hydrogen-bond donors (Lipinski definition) is 1. The van der Waals surface area contributed by atoms with Crippen LogP contribution in [0.3, 0.4) is 0 Å². The van der Waals surface area contributed by atoms with E-state index in [1.54, 1.807) is 7.05 Å². The van der Waals surface area contributed by atoms with E-state index in [9.17, 15) is 5.11 Å². The first-order chi connectivity index (χ1) is 7.16. The minimum absolute atomic E-state index is 0. The van der Waals surface area contributed by atoms with E-state index < -0.39 is 0 Å². The molecule has 1 fully saturated rings. The zero-order valence-corrected chi connectivity index (χ0v) is 12.4. The molecule has 0 spiro atoms. The third kappa shape index (κ3) is 1.86. The van der Waals surface area contributed by atoms with Crippen LogP contribution in [0.1, 0.15) is 24.6 Å². The van der Waals surface area contributed by atoms with Gasteiger partial charge in [0.25, 0.3) is 0 Å². The molecule has 2 heterocycles. The number of fused-ring (bicyclic) bond motifs is 1. The molecule has 1 aliphatic carbocycles. The smallest absolute Gasteiger partial charge is 0.857 e. The van der Waals surface area contributed by atoms with Crippen LogP contribution in [-0.2, 0) is 7.05 Å². The average Bonchev–Trinajstić information content (AvgIpc) is 2.99. The number of nitrogens with zero attached hydrogens (tertiary/aromatic N) is 4. The maximum absolute atomic E-state index is 11.6. The van der Waals surface area contributed by atoms with E-state index in [2.05, 4.69) is 15.1 Å². The number of aromatic nitrogens is 4. The Morgan fingerprint density at radius 1 is 1.31 bits per heavy atom. The summed E-state index contributed by atoms with van der Waals surface area (Å²) in [6, 6.07) is 0. The van der Waals surface area contributed by atoms with Gasteiger partial charge < -0.3 is 10.8 Å². The summed E-state index contributed by atoms with van der Waals surface area (Å²) < 4.78 is 1.24. The molecule has 0 amide bonds. The molecule has 0 bridgehead atoms. The van der Waals surface area contributed by atoms with Gasteiger partial charge in [-0.3, -0.25) is 4.68 Å². The molecule has 2 N–H and O–H groups in total. The quantitative estimate of drug-likeness (QED) is 0.536. The van der Waals surface area contributed by atoms with Crippen molar-refractivity contribution in [3.8, 4) is 5.88 Å². The molecular formula is C9H10KN5O. The first kappa shape index (κ1) is 12.2. The molecule has 0 aliphatic heterocycles. The molecule has 78 valence electrons. The van der Waals surface area contributed by atoms with Gasteiger partial charge >= 0.3 is 51.4 Å². The molecule has 7 heteroatoms. The van der Waals surface area contributed by atoms with E-state index in [4.69, 9.17) is 5.73 Å². The molecule has 6 nitrogen and oxygen atoms in total. The van der Waals surface area contributed by atoms with Gasteiger partial charge in [-0.1, -0.05) is 0 Å². The topological polar surface area (TPSA) is 92.7 Å². The Balaban J connectivity index is 0.000000963. The Labute approximate surface area is 135 Å². The van der Waals surface area contributed by atoms with Crippen molar-refractivity contribution in [2.45, 2.75) is 18.8 Å². The van der Waals surface area contributed by atoms with Crippen molar-refractivity contribution < 1.29 is 56.5 Å². The van der Waals surface area contributed by atoms with Gasteiger partial charge in [0, 0.05) is 18.8 Å². The van der Waals surface area contributed by atoms with E-state index in [-0.39, 0.29) is 57.3 Å². The summed E-state index contributed by atoms with van der Waals surface area (Å²) in [5.41, 5.74) is 6.49. The molecule has 1 saturated carbocycles. The van der Waals surface area contributed by atoms with Gasteiger partial charge in [-0.05, 0) is 12.8 Å². The summed E-state index contributed by atoms with van der Waals surface area (Å²) in [5, 5.41) is 15.6. The molecule has 0 aromatic carbocycles. The van der Waals surface area contributed by atoms with Crippen molar-refractivity contribution in [1.29, 1.82) is 0 Å². The molecule has 0 radical (unpaired) electrons. The van der Waals surface area contributed by atoms with Crippen molar-refractivity contribution >= 4 is 16.9 Å². The molecule has 0 saturated heterocycles. The molecule has 0 atom stereocenters. The zero-order valence-electron chi connectivity index (χ0n) is 9.27. The fourth-order valence-electron chi connectivity index (χ4n) is 1.61. The number of hydrogen-bond acceptors (Lipinski definition) is 5. The van der Waals surface area contributed by atoms with Crippen LogP contribution in [0, 0.1) is 0 Å². The predicted octanol–water partition coefficient (Wildman–Crippen LogP) is -3.10. The van der Waals surface area contributed by atoms with E-state index >= 15 is 0 Å². The summed E-state index contributed by atoms with van der Waals surface area (Å²) in [4.78, 5) is 8.40. The Morgan fingerprint density at radius 3 is 2.62 bits per heavy atom. The van der Waals surface area contributed by atoms with Crippen LogP contribution in [0.25, 0.3) is 11.0 Å². The molecule has 2 aromatic rings. The average molecular weight is 243 g/mol. The van der Waals surface area contributed by atoms with Gasteiger partial charge in [0.05, 0.1) is 0 Å². The van der Waals surface area contributed by atoms with Gasteiger partial charge in [-0.25, -0.2) is 9.97 Å². The second-order valence-electron chi connectivity index (χ2n) is 3.87. The van der Waals surface area contributed by atoms with Gasteiger partial charge in [0.2, 0.25) is 0 Å². The van der Waals surface area contributed by atoms with Crippen LogP contribution in [0.15, 0.2) is 0 Å². The first-order valence-corrected chi connectivity index (χ1v) is 4.84. The molecular weight excluding hydrogens is 233 g/mol. The molecule has 3 rings (SSSR count). The van der Waals surface area contributed by atoms with Crippen LogP contribution in [0.2, 0.25) is 0 Å². The normalized spacial score (nSPS) is 15.1. The van der Waals surface area contributed by atoms with Crippen LogP contribution >= 0.6 is 0 Å². The number of rotatable bonds is 1. The summed E-state index contributed by atoms with van der Waals surface area (Å²) in [5.74, 6) is 1.17. The summed E-state index contributed by atoms with van der Waals surface area (Å²) in [7, 11) is 1.58. The summed E-state index contributed by atoms with van der Waals surface area (Å²) in [6.07, 6.45) is 2.17. The second kappa shape index (κ2) is 4.23. The van der Waals surface area contributed by atoms with Crippen LogP contribution in [-0.4, -0.2) is 19.7 Å². The van der Waals surface area contributed by atoms with Crippen molar-refractivity contribution in [1.82, 2.24) is 19.7 Å². The number of aryl methyl sites for hydroxylation is 1. The standard InChI is InChI=1S/C9H11N5O.K/c1-14-9(15)6-5(13-14)7(10)12-8(11-6)4-2-3-4;/h4,15H,2-3H2,1H3,(H2,10,11,12);/q;+1/p-1. The summed E-state index contributed by atoms with van der Waals surface area (Å²) >= 11 is 0. The van der Waals surface area contributed by atoms with Crippen molar-refractivity contribution in [2.24, 2.45) is 7.05 Å². The maximum atomic E-state index is 11.6. The Bertz CT molecular complexity index is 548. The second-order valence-corrected chi connectivity index (χ2v) is 3.87.